The van der Waals surface area contributed by atoms with Crippen molar-refractivity contribution >= 4 is 45.5 Å². The van der Waals surface area contributed by atoms with Gasteiger partial charge in [0, 0.05) is 0 Å². The van der Waals surface area contributed by atoms with Crippen LogP contribution in [0.15, 0.2) is 0 Å². The SMILES string of the molecule is OCC1OC(OC2OC(CO)C(O)C(O)C2O)C(O)C(O)C1O.[Sr+2]. The molecule has 12 heteroatoms. The van der Waals surface area contributed by atoms with Crippen molar-refractivity contribution < 1.29 is 55.1 Å². The zero-order chi connectivity index (χ0) is 17.3. The fraction of sp³-hybridized carbons (Fsp3) is 1.00. The van der Waals surface area contributed by atoms with E-state index in [1.165, 1.54) is 0 Å². The summed E-state index contributed by atoms with van der Waals surface area (Å²) < 4.78 is 15.3. The van der Waals surface area contributed by atoms with E-state index < -0.39 is 74.6 Å². The predicted molar refractivity (Wildman–Crippen MR) is 74.4 cm³/mol. The molecule has 2 rings (SSSR count). The first-order valence-electron chi connectivity index (χ1n) is 7.08. The van der Waals surface area contributed by atoms with Crippen LogP contribution in [0.25, 0.3) is 0 Å². The molecule has 0 aromatic heterocycles. The zero-order valence-electron chi connectivity index (χ0n) is 12.7. The second-order valence-electron chi connectivity index (χ2n) is 5.53. The Balaban J connectivity index is 0.00000288. The van der Waals surface area contributed by atoms with Crippen LogP contribution in [0.4, 0.5) is 0 Å². The summed E-state index contributed by atoms with van der Waals surface area (Å²) in [5.74, 6) is 0. The minimum atomic E-state index is -1.72. The average Bonchev–Trinajstić information content (AvgIpc) is 2.55. The summed E-state index contributed by atoms with van der Waals surface area (Å²) in [6.45, 7) is -1.33. The zero-order valence-corrected chi connectivity index (χ0v) is 16.2. The monoisotopic (exact) mass is 430 g/mol. The summed E-state index contributed by atoms with van der Waals surface area (Å²) in [5.41, 5.74) is 0. The third kappa shape index (κ3) is 4.65. The molecule has 0 aliphatic carbocycles. The molecule has 0 spiro atoms. The molecule has 136 valence electrons. The summed E-state index contributed by atoms with van der Waals surface area (Å²) in [7, 11) is 0. The molecule has 2 heterocycles. The van der Waals surface area contributed by atoms with Gasteiger partial charge in [-0.1, -0.05) is 0 Å². The van der Waals surface area contributed by atoms with Crippen LogP contribution in [0.5, 0.6) is 0 Å². The molecule has 2 aliphatic heterocycles. The van der Waals surface area contributed by atoms with Crippen molar-refractivity contribution in [3.05, 3.63) is 0 Å². The summed E-state index contributed by atoms with van der Waals surface area (Å²) in [5, 5.41) is 76.4. The maximum Gasteiger partial charge on any atom is 2.00 e. The van der Waals surface area contributed by atoms with E-state index in [-0.39, 0.29) is 45.5 Å². The Labute approximate surface area is 174 Å². The molecule has 0 amide bonds. The predicted octanol–water partition coefficient (Wildman–Crippen LogP) is -5.78. The Morgan fingerprint density at radius 1 is 0.583 bits per heavy atom. The van der Waals surface area contributed by atoms with Gasteiger partial charge in [0.05, 0.1) is 13.2 Å². The summed E-state index contributed by atoms with van der Waals surface area (Å²) in [6.07, 6.45) is -15.6. The Morgan fingerprint density at radius 2 is 0.917 bits per heavy atom. The molecule has 24 heavy (non-hydrogen) atoms. The first-order chi connectivity index (χ1) is 10.8. The standard InChI is InChI=1S/C12H22O11.Sr/c13-1-3-5(15)7(17)9(19)11(21-3)23-12-10(20)8(18)6(16)4(2-14)22-12;/h3-20H,1-2H2;/q;+2. The van der Waals surface area contributed by atoms with Crippen LogP contribution >= 0.6 is 0 Å². The van der Waals surface area contributed by atoms with Crippen molar-refractivity contribution in [3.8, 4) is 0 Å². The normalized spacial score (nSPS) is 49.5. The van der Waals surface area contributed by atoms with Gasteiger partial charge in [-0.25, -0.2) is 0 Å². The first-order valence-corrected chi connectivity index (χ1v) is 7.08. The number of hydrogen-bond donors (Lipinski definition) is 8. The smallest absolute Gasteiger partial charge is 0.394 e. The number of ether oxygens (including phenoxy) is 3. The van der Waals surface area contributed by atoms with Gasteiger partial charge in [-0.3, -0.25) is 0 Å². The Kier molecular flexibility index (Phi) is 9.45. The van der Waals surface area contributed by atoms with E-state index in [1.54, 1.807) is 0 Å². The average molecular weight is 430 g/mol. The van der Waals surface area contributed by atoms with Gasteiger partial charge in [-0.15, -0.1) is 0 Å². The molecule has 0 saturated carbocycles. The molecule has 2 saturated heterocycles. The van der Waals surface area contributed by atoms with E-state index >= 15 is 0 Å². The van der Waals surface area contributed by atoms with Gasteiger partial charge in [0.15, 0.2) is 12.6 Å². The third-order valence-corrected chi connectivity index (χ3v) is 3.97. The van der Waals surface area contributed by atoms with Crippen LogP contribution in [0.3, 0.4) is 0 Å². The third-order valence-electron chi connectivity index (χ3n) is 3.97. The van der Waals surface area contributed by atoms with E-state index in [9.17, 15) is 30.6 Å². The molecule has 11 nitrogen and oxygen atoms in total. The molecule has 10 unspecified atom stereocenters. The molecule has 0 aromatic rings. The van der Waals surface area contributed by atoms with Crippen molar-refractivity contribution in [2.75, 3.05) is 13.2 Å². The number of rotatable bonds is 4. The number of hydrogen-bond acceptors (Lipinski definition) is 11. The molecular weight excluding hydrogens is 408 g/mol. The van der Waals surface area contributed by atoms with Gasteiger partial charge in [0.2, 0.25) is 0 Å². The maximum absolute atomic E-state index is 9.84. The summed E-state index contributed by atoms with van der Waals surface area (Å²) in [4.78, 5) is 0. The van der Waals surface area contributed by atoms with Crippen LogP contribution in [-0.4, -0.2) is 161 Å². The van der Waals surface area contributed by atoms with E-state index in [0.29, 0.717) is 0 Å². The number of aliphatic hydroxyl groups is 8. The van der Waals surface area contributed by atoms with Gasteiger partial charge >= 0.3 is 45.5 Å². The second kappa shape index (κ2) is 9.83. The van der Waals surface area contributed by atoms with E-state index in [1.807, 2.05) is 0 Å². The fourth-order valence-corrected chi connectivity index (χ4v) is 2.49. The Bertz CT molecular complexity index is 350. The van der Waals surface area contributed by atoms with E-state index in [0.717, 1.165) is 0 Å². The second-order valence-corrected chi connectivity index (χ2v) is 5.53. The minimum Gasteiger partial charge on any atom is -0.394 e. The molecule has 2 fully saturated rings. The molecule has 8 N–H and O–H groups in total. The summed E-state index contributed by atoms with van der Waals surface area (Å²) in [6, 6.07) is 0. The first kappa shape index (κ1) is 23.1. The molecule has 10 atom stereocenters. The van der Waals surface area contributed by atoms with Crippen LogP contribution in [-0.2, 0) is 14.2 Å². The van der Waals surface area contributed by atoms with Crippen molar-refractivity contribution in [2.45, 2.75) is 61.4 Å². The topological polar surface area (TPSA) is 190 Å². The van der Waals surface area contributed by atoms with E-state index in [2.05, 4.69) is 0 Å². The minimum absolute atomic E-state index is 0. The van der Waals surface area contributed by atoms with Gasteiger partial charge < -0.3 is 55.1 Å². The summed E-state index contributed by atoms with van der Waals surface area (Å²) >= 11 is 0. The molecule has 0 aromatic carbocycles. The van der Waals surface area contributed by atoms with Gasteiger partial charge in [-0.05, 0) is 0 Å². The van der Waals surface area contributed by atoms with Crippen molar-refractivity contribution in [3.63, 3.8) is 0 Å². The van der Waals surface area contributed by atoms with Crippen molar-refractivity contribution in [1.82, 2.24) is 0 Å². The van der Waals surface area contributed by atoms with Crippen LogP contribution < -0.4 is 0 Å². The molecule has 2 aliphatic rings. The van der Waals surface area contributed by atoms with Crippen LogP contribution in [0, 0.1) is 0 Å². The van der Waals surface area contributed by atoms with Gasteiger partial charge in [-0.2, -0.15) is 0 Å². The van der Waals surface area contributed by atoms with E-state index in [4.69, 9.17) is 24.4 Å². The number of aliphatic hydroxyl groups excluding tert-OH is 8. The Morgan fingerprint density at radius 3 is 1.21 bits per heavy atom. The van der Waals surface area contributed by atoms with Gasteiger partial charge in [0.1, 0.15) is 48.8 Å². The van der Waals surface area contributed by atoms with Crippen molar-refractivity contribution in [1.29, 1.82) is 0 Å². The molecule has 0 radical (unpaired) electrons. The van der Waals surface area contributed by atoms with Crippen LogP contribution in [0.1, 0.15) is 0 Å². The van der Waals surface area contributed by atoms with Crippen molar-refractivity contribution in [2.24, 2.45) is 0 Å². The van der Waals surface area contributed by atoms with Gasteiger partial charge in [0.25, 0.3) is 0 Å². The van der Waals surface area contributed by atoms with Crippen LogP contribution in [0.2, 0.25) is 0 Å². The fourth-order valence-electron chi connectivity index (χ4n) is 2.49. The quantitative estimate of drug-likeness (QED) is 0.199. The maximum atomic E-state index is 9.84. The molecule has 0 bridgehead atoms. The largest absolute Gasteiger partial charge is 2.00 e. The Hall–Kier alpha value is 1.04. The molecular formula is C12H22O11Sr+2.